The highest BCUT2D eigenvalue weighted by atomic mass is 32.1. The standard InChI is InChI=1S/C22H28N2O2S2/c1-5-26-20(25)18-16-12-11-14(22(2,3)4)13-17(16)28-19(18)24-21(27)23-15-9-7-6-8-10-15/h6-10,14H,5,11-13H2,1-4H3,(H2,23,24,27). The number of benzene rings is 1. The molecular weight excluding hydrogens is 388 g/mol. The molecular formula is C22H28N2O2S2. The summed E-state index contributed by atoms with van der Waals surface area (Å²) in [5.74, 6) is 0.343. The van der Waals surface area contributed by atoms with Crippen LogP contribution in [-0.2, 0) is 17.6 Å². The number of rotatable bonds is 4. The van der Waals surface area contributed by atoms with E-state index in [0.29, 0.717) is 23.2 Å². The highest BCUT2D eigenvalue weighted by Gasteiger charge is 2.34. The molecule has 2 N–H and O–H groups in total. The van der Waals surface area contributed by atoms with Gasteiger partial charge in [-0.3, -0.25) is 0 Å². The Morgan fingerprint density at radius 3 is 2.61 bits per heavy atom. The van der Waals surface area contributed by atoms with Crippen LogP contribution < -0.4 is 10.6 Å². The lowest BCUT2D eigenvalue weighted by molar-refractivity contribution is 0.0526. The van der Waals surface area contributed by atoms with Crippen molar-refractivity contribution in [2.45, 2.75) is 47.0 Å². The zero-order valence-electron chi connectivity index (χ0n) is 16.9. The van der Waals surface area contributed by atoms with Crippen molar-refractivity contribution in [3.05, 3.63) is 46.3 Å². The zero-order valence-corrected chi connectivity index (χ0v) is 18.6. The van der Waals surface area contributed by atoms with E-state index in [9.17, 15) is 4.79 Å². The Labute approximate surface area is 176 Å². The van der Waals surface area contributed by atoms with Crippen molar-refractivity contribution in [1.29, 1.82) is 0 Å². The van der Waals surface area contributed by atoms with Crippen LogP contribution in [-0.4, -0.2) is 17.7 Å². The Morgan fingerprint density at radius 2 is 1.96 bits per heavy atom. The zero-order chi connectivity index (χ0) is 20.3. The van der Waals surface area contributed by atoms with Crippen molar-refractivity contribution in [3.63, 3.8) is 0 Å². The monoisotopic (exact) mass is 416 g/mol. The van der Waals surface area contributed by atoms with Crippen LogP contribution in [0.4, 0.5) is 10.7 Å². The second kappa shape index (κ2) is 8.62. The van der Waals surface area contributed by atoms with Gasteiger partial charge in [-0.05, 0) is 67.4 Å². The lowest BCUT2D eigenvalue weighted by Gasteiger charge is -2.33. The van der Waals surface area contributed by atoms with Crippen LogP contribution in [0.5, 0.6) is 0 Å². The minimum atomic E-state index is -0.265. The molecule has 28 heavy (non-hydrogen) atoms. The van der Waals surface area contributed by atoms with Crippen LogP contribution >= 0.6 is 23.6 Å². The highest BCUT2D eigenvalue weighted by molar-refractivity contribution is 7.80. The number of hydrogen-bond acceptors (Lipinski definition) is 4. The quantitative estimate of drug-likeness (QED) is 0.481. The molecule has 1 aromatic carbocycles. The molecule has 1 heterocycles. The number of carbonyl (C=O) groups excluding carboxylic acids is 1. The Balaban J connectivity index is 1.86. The fourth-order valence-electron chi connectivity index (χ4n) is 3.62. The Bertz CT molecular complexity index is 853. The van der Waals surface area contributed by atoms with Crippen LogP contribution in [0.15, 0.2) is 30.3 Å². The molecule has 1 atom stereocenters. The number of ether oxygens (including phenoxy) is 1. The van der Waals surface area contributed by atoms with Gasteiger partial charge in [0.05, 0.1) is 12.2 Å². The second-order valence-corrected chi connectivity index (χ2v) is 9.69. The van der Waals surface area contributed by atoms with E-state index in [0.717, 1.165) is 35.5 Å². The molecule has 0 spiro atoms. The van der Waals surface area contributed by atoms with Gasteiger partial charge in [0.15, 0.2) is 5.11 Å². The summed E-state index contributed by atoms with van der Waals surface area (Å²) < 4.78 is 5.35. The van der Waals surface area contributed by atoms with Gasteiger partial charge in [0, 0.05) is 10.6 Å². The summed E-state index contributed by atoms with van der Waals surface area (Å²) in [6.45, 7) is 9.07. The third kappa shape index (κ3) is 4.73. The molecule has 0 fully saturated rings. The summed E-state index contributed by atoms with van der Waals surface area (Å²) in [6.07, 6.45) is 2.99. The maximum atomic E-state index is 12.7. The molecule has 0 amide bonds. The first-order chi connectivity index (χ1) is 13.3. The fourth-order valence-corrected chi connectivity index (χ4v) is 5.22. The van der Waals surface area contributed by atoms with E-state index in [1.165, 1.54) is 4.88 Å². The Morgan fingerprint density at radius 1 is 1.25 bits per heavy atom. The van der Waals surface area contributed by atoms with Crippen LogP contribution in [0.1, 0.15) is 54.9 Å². The first kappa shape index (κ1) is 20.8. The Kier molecular flexibility index (Phi) is 6.40. The van der Waals surface area contributed by atoms with Gasteiger partial charge in [0.2, 0.25) is 0 Å². The largest absolute Gasteiger partial charge is 0.462 e. The molecule has 6 heteroatoms. The number of carbonyl (C=O) groups is 1. The molecule has 2 aromatic rings. The highest BCUT2D eigenvalue weighted by Crippen LogP contribution is 2.44. The summed E-state index contributed by atoms with van der Waals surface area (Å²) >= 11 is 7.12. The molecule has 1 aliphatic rings. The van der Waals surface area contributed by atoms with Gasteiger partial charge in [-0.15, -0.1) is 11.3 Å². The van der Waals surface area contributed by atoms with Crippen LogP contribution in [0.3, 0.4) is 0 Å². The molecule has 1 aliphatic carbocycles. The number of para-hydroxylation sites is 1. The molecule has 150 valence electrons. The topological polar surface area (TPSA) is 50.4 Å². The number of esters is 1. The summed E-state index contributed by atoms with van der Waals surface area (Å²) in [4.78, 5) is 14.0. The second-order valence-electron chi connectivity index (χ2n) is 8.18. The number of hydrogen-bond donors (Lipinski definition) is 2. The summed E-state index contributed by atoms with van der Waals surface area (Å²) in [5, 5.41) is 7.68. The third-order valence-corrected chi connectivity index (χ3v) is 6.60. The molecule has 3 rings (SSSR count). The predicted molar refractivity (Wildman–Crippen MR) is 122 cm³/mol. The summed E-state index contributed by atoms with van der Waals surface area (Å²) in [6, 6.07) is 9.76. The SMILES string of the molecule is CCOC(=O)c1c(NC(=S)Nc2ccccc2)sc2c1CCC(C(C)(C)C)C2. The summed E-state index contributed by atoms with van der Waals surface area (Å²) in [7, 11) is 0. The number of thiocarbonyl (C=S) groups is 1. The lowest BCUT2D eigenvalue weighted by Crippen LogP contribution is -2.26. The van der Waals surface area contributed by atoms with Crippen molar-refractivity contribution < 1.29 is 9.53 Å². The van der Waals surface area contributed by atoms with E-state index in [1.807, 2.05) is 37.3 Å². The molecule has 4 nitrogen and oxygen atoms in total. The van der Waals surface area contributed by atoms with E-state index < -0.39 is 0 Å². The van der Waals surface area contributed by atoms with Gasteiger partial charge < -0.3 is 15.4 Å². The van der Waals surface area contributed by atoms with Gasteiger partial charge in [-0.25, -0.2) is 4.79 Å². The predicted octanol–water partition coefficient (Wildman–Crippen LogP) is 5.88. The van der Waals surface area contributed by atoms with Crippen molar-refractivity contribution in [2.75, 3.05) is 17.2 Å². The van der Waals surface area contributed by atoms with Gasteiger partial charge in [0.25, 0.3) is 0 Å². The molecule has 0 bridgehead atoms. The van der Waals surface area contributed by atoms with Crippen molar-refractivity contribution in [2.24, 2.45) is 11.3 Å². The first-order valence-electron chi connectivity index (χ1n) is 9.74. The van der Waals surface area contributed by atoms with Crippen LogP contribution in [0.25, 0.3) is 0 Å². The molecule has 0 saturated heterocycles. The van der Waals surface area contributed by atoms with Gasteiger partial charge in [-0.1, -0.05) is 39.0 Å². The summed E-state index contributed by atoms with van der Waals surface area (Å²) in [5.41, 5.74) is 2.95. The lowest BCUT2D eigenvalue weighted by atomic mass is 9.72. The van der Waals surface area contributed by atoms with Gasteiger partial charge >= 0.3 is 5.97 Å². The number of fused-ring (bicyclic) bond motifs is 1. The van der Waals surface area contributed by atoms with Gasteiger partial charge in [0.1, 0.15) is 5.00 Å². The first-order valence-corrected chi connectivity index (χ1v) is 11.0. The maximum absolute atomic E-state index is 12.7. The number of nitrogens with one attached hydrogen (secondary N) is 2. The fraction of sp³-hybridized carbons (Fsp3) is 0.455. The maximum Gasteiger partial charge on any atom is 0.341 e. The Hall–Kier alpha value is -1.92. The van der Waals surface area contributed by atoms with E-state index in [1.54, 1.807) is 11.3 Å². The minimum absolute atomic E-state index is 0.254. The average molecular weight is 417 g/mol. The van der Waals surface area contributed by atoms with Crippen molar-refractivity contribution in [3.8, 4) is 0 Å². The molecule has 0 saturated carbocycles. The molecule has 1 aromatic heterocycles. The number of thiophene rings is 1. The third-order valence-electron chi connectivity index (χ3n) is 5.23. The van der Waals surface area contributed by atoms with Crippen molar-refractivity contribution >= 4 is 45.3 Å². The normalized spacial score (nSPS) is 16.2. The minimum Gasteiger partial charge on any atom is -0.462 e. The molecule has 0 aliphatic heterocycles. The van der Waals surface area contributed by atoms with Crippen molar-refractivity contribution in [1.82, 2.24) is 0 Å². The smallest absolute Gasteiger partial charge is 0.341 e. The van der Waals surface area contributed by atoms with E-state index >= 15 is 0 Å². The van der Waals surface area contributed by atoms with E-state index in [4.69, 9.17) is 17.0 Å². The van der Waals surface area contributed by atoms with Gasteiger partial charge in [-0.2, -0.15) is 0 Å². The average Bonchev–Trinajstić information content (AvgIpc) is 2.98. The molecule has 1 unspecified atom stereocenters. The van der Waals surface area contributed by atoms with Crippen LogP contribution in [0.2, 0.25) is 0 Å². The number of anilines is 2. The van der Waals surface area contributed by atoms with E-state index in [-0.39, 0.29) is 11.4 Å². The molecule has 0 radical (unpaired) electrons. The van der Waals surface area contributed by atoms with E-state index in [2.05, 4.69) is 31.4 Å². The van der Waals surface area contributed by atoms with Crippen LogP contribution in [0, 0.1) is 11.3 Å².